The summed E-state index contributed by atoms with van der Waals surface area (Å²) in [6, 6.07) is 16.2. The molecule has 0 spiro atoms. The Hall–Kier alpha value is -2.48. The Bertz CT molecular complexity index is 861. The number of rotatable bonds is 1. The first-order valence-electron chi connectivity index (χ1n) is 8.76. The lowest BCUT2D eigenvalue weighted by molar-refractivity contribution is 0.474. The summed E-state index contributed by atoms with van der Waals surface area (Å²) in [5, 5.41) is 7.49. The number of hydrogen-bond acceptors (Lipinski definition) is 2. The van der Waals surface area contributed by atoms with E-state index in [4.69, 9.17) is 0 Å². The highest BCUT2D eigenvalue weighted by molar-refractivity contribution is 5.75. The zero-order valence-electron chi connectivity index (χ0n) is 14.1. The zero-order valence-corrected chi connectivity index (χ0v) is 14.1. The molecule has 2 heteroatoms. The summed E-state index contributed by atoms with van der Waals surface area (Å²) in [5.74, 6) is 0.455. The third-order valence-corrected chi connectivity index (χ3v) is 5.85. The van der Waals surface area contributed by atoms with Crippen molar-refractivity contribution in [1.82, 2.24) is 0 Å². The fraction of sp³-hybridized carbons (Fsp3) is 0.273. The second-order valence-electron chi connectivity index (χ2n) is 7.66. The van der Waals surface area contributed by atoms with Crippen LogP contribution in [0.3, 0.4) is 0 Å². The molecule has 2 aromatic rings. The standard InChI is InChI=1S/C22H22N2/c1-22(2)17-13-19-16(15-10-6-7-11-18(15)23-19)12-20(17)24-21(22)14-8-4-3-5-9-14/h3-13,15,18,21,23-24H,1-2H3. The van der Waals surface area contributed by atoms with Crippen molar-refractivity contribution in [2.45, 2.75) is 37.3 Å². The summed E-state index contributed by atoms with van der Waals surface area (Å²) in [7, 11) is 0. The van der Waals surface area contributed by atoms with E-state index in [0.29, 0.717) is 18.0 Å². The summed E-state index contributed by atoms with van der Waals surface area (Å²) >= 11 is 0. The van der Waals surface area contributed by atoms with E-state index >= 15 is 0 Å². The van der Waals surface area contributed by atoms with E-state index in [1.165, 1.54) is 28.1 Å². The van der Waals surface area contributed by atoms with Crippen LogP contribution in [0, 0.1) is 0 Å². The lowest BCUT2D eigenvalue weighted by Gasteiger charge is -2.28. The molecule has 120 valence electrons. The van der Waals surface area contributed by atoms with Crippen LogP contribution in [0.25, 0.3) is 0 Å². The predicted octanol–water partition coefficient (Wildman–Crippen LogP) is 5.13. The quantitative estimate of drug-likeness (QED) is 0.762. The molecule has 0 saturated carbocycles. The van der Waals surface area contributed by atoms with Crippen molar-refractivity contribution in [2.75, 3.05) is 10.6 Å². The maximum Gasteiger partial charge on any atom is 0.0606 e. The van der Waals surface area contributed by atoms with Crippen LogP contribution >= 0.6 is 0 Å². The van der Waals surface area contributed by atoms with E-state index in [1.807, 2.05) is 0 Å². The van der Waals surface area contributed by atoms with Crippen LogP contribution in [-0.4, -0.2) is 6.04 Å². The van der Waals surface area contributed by atoms with Crippen molar-refractivity contribution in [3.05, 3.63) is 83.5 Å². The SMILES string of the molecule is CC1(C)c2cc3c(cc2NC1c1ccccc1)C1C=CC=CC1N3. The van der Waals surface area contributed by atoms with Gasteiger partial charge in [-0.2, -0.15) is 0 Å². The zero-order chi connectivity index (χ0) is 16.3. The van der Waals surface area contributed by atoms with Gasteiger partial charge in [0, 0.05) is 22.7 Å². The fourth-order valence-electron chi connectivity index (χ4n) is 4.53. The van der Waals surface area contributed by atoms with Crippen molar-refractivity contribution in [1.29, 1.82) is 0 Å². The first-order valence-corrected chi connectivity index (χ1v) is 8.76. The molecule has 24 heavy (non-hydrogen) atoms. The van der Waals surface area contributed by atoms with Crippen LogP contribution in [0.2, 0.25) is 0 Å². The summed E-state index contributed by atoms with van der Waals surface area (Å²) in [4.78, 5) is 0. The number of anilines is 2. The van der Waals surface area contributed by atoms with Gasteiger partial charge in [0.1, 0.15) is 0 Å². The predicted molar refractivity (Wildman–Crippen MR) is 101 cm³/mol. The number of nitrogens with one attached hydrogen (secondary N) is 2. The summed E-state index contributed by atoms with van der Waals surface area (Å²) < 4.78 is 0. The van der Waals surface area contributed by atoms with Crippen LogP contribution in [0.1, 0.15) is 42.5 Å². The molecule has 0 saturated heterocycles. The molecule has 0 amide bonds. The number of fused-ring (bicyclic) bond motifs is 4. The Balaban J connectivity index is 1.59. The van der Waals surface area contributed by atoms with E-state index in [1.54, 1.807) is 0 Å². The van der Waals surface area contributed by atoms with Crippen LogP contribution in [0.4, 0.5) is 11.4 Å². The topological polar surface area (TPSA) is 24.1 Å². The Morgan fingerprint density at radius 1 is 0.875 bits per heavy atom. The third-order valence-electron chi connectivity index (χ3n) is 5.85. The van der Waals surface area contributed by atoms with Crippen molar-refractivity contribution in [3.63, 3.8) is 0 Å². The monoisotopic (exact) mass is 314 g/mol. The molecule has 2 heterocycles. The third kappa shape index (κ3) is 1.83. The summed E-state index contributed by atoms with van der Waals surface area (Å²) in [6.07, 6.45) is 8.88. The highest BCUT2D eigenvalue weighted by Gasteiger charge is 2.42. The lowest BCUT2D eigenvalue weighted by atomic mass is 9.77. The van der Waals surface area contributed by atoms with Crippen molar-refractivity contribution < 1.29 is 0 Å². The van der Waals surface area contributed by atoms with E-state index in [0.717, 1.165) is 0 Å². The van der Waals surface area contributed by atoms with E-state index < -0.39 is 0 Å². The van der Waals surface area contributed by atoms with Gasteiger partial charge >= 0.3 is 0 Å². The van der Waals surface area contributed by atoms with Gasteiger partial charge in [0.15, 0.2) is 0 Å². The summed E-state index contributed by atoms with van der Waals surface area (Å²) in [5.41, 5.74) is 6.82. The Labute approximate surface area is 143 Å². The average Bonchev–Trinajstić information content (AvgIpc) is 3.09. The van der Waals surface area contributed by atoms with Crippen LogP contribution < -0.4 is 10.6 Å². The highest BCUT2D eigenvalue weighted by Crippen LogP contribution is 2.52. The van der Waals surface area contributed by atoms with Gasteiger partial charge in [-0.15, -0.1) is 0 Å². The highest BCUT2D eigenvalue weighted by atomic mass is 15.0. The van der Waals surface area contributed by atoms with Crippen LogP contribution in [0.5, 0.6) is 0 Å². The van der Waals surface area contributed by atoms with Crippen molar-refractivity contribution >= 4 is 11.4 Å². The Morgan fingerprint density at radius 3 is 2.50 bits per heavy atom. The molecular formula is C22H22N2. The smallest absolute Gasteiger partial charge is 0.0606 e. The van der Waals surface area contributed by atoms with Gasteiger partial charge in [0.2, 0.25) is 0 Å². The van der Waals surface area contributed by atoms with Gasteiger partial charge in [-0.05, 0) is 28.8 Å². The molecule has 0 fully saturated rings. The minimum atomic E-state index is 0.0623. The molecule has 1 aliphatic carbocycles. The van der Waals surface area contributed by atoms with Gasteiger partial charge in [-0.3, -0.25) is 0 Å². The van der Waals surface area contributed by atoms with Gasteiger partial charge in [-0.1, -0.05) is 68.5 Å². The first kappa shape index (κ1) is 13.9. The molecule has 2 nitrogen and oxygen atoms in total. The minimum Gasteiger partial charge on any atom is -0.378 e. The molecular weight excluding hydrogens is 292 g/mol. The average molecular weight is 314 g/mol. The minimum absolute atomic E-state index is 0.0623. The molecule has 3 atom stereocenters. The number of benzene rings is 2. The Morgan fingerprint density at radius 2 is 1.67 bits per heavy atom. The number of allylic oxidation sites excluding steroid dienone is 2. The molecule has 2 N–H and O–H groups in total. The maximum atomic E-state index is 3.80. The molecule has 3 aliphatic rings. The van der Waals surface area contributed by atoms with Crippen molar-refractivity contribution in [2.24, 2.45) is 0 Å². The molecule has 5 rings (SSSR count). The molecule has 0 aromatic heterocycles. The van der Waals surface area contributed by atoms with E-state index in [2.05, 4.69) is 91.2 Å². The van der Waals surface area contributed by atoms with Gasteiger partial charge in [-0.25, -0.2) is 0 Å². The van der Waals surface area contributed by atoms with Gasteiger partial charge in [0.05, 0.1) is 12.1 Å². The van der Waals surface area contributed by atoms with Gasteiger partial charge < -0.3 is 10.6 Å². The van der Waals surface area contributed by atoms with Crippen LogP contribution in [-0.2, 0) is 5.41 Å². The van der Waals surface area contributed by atoms with Crippen LogP contribution in [0.15, 0.2) is 66.8 Å². The molecule has 2 aromatic carbocycles. The number of hydrogen-bond donors (Lipinski definition) is 2. The maximum absolute atomic E-state index is 3.80. The lowest BCUT2D eigenvalue weighted by Crippen LogP contribution is -2.25. The van der Waals surface area contributed by atoms with E-state index in [-0.39, 0.29) is 5.41 Å². The van der Waals surface area contributed by atoms with Gasteiger partial charge in [0.25, 0.3) is 0 Å². The molecule has 2 aliphatic heterocycles. The second kappa shape index (κ2) is 4.76. The van der Waals surface area contributed by atoms with E-state index in [9.17, 15) is 0 Å². The molecule has 0 radical (unpaired) electrons. The van der Waals surface area contributed by atoms with Crippen molar-refractivity contribution in [3.8, 4) is 0 Å². The first-order chi connectivity index (χ1) is 11.6. The largest absolute Gasteiger partial charge is 0.378 e. The molecule has 0 bridgehead atoms. The second-order valence-corrected chi connectivity index (χ2v) is 7.66. The molecule has 3 unspecified atom stereocenters. The fourth-order valence-corrected chi connectivity index (χ4v) is 4.53. The summed E-state index contributed by atoms with van der Waals surface area (Å²) in [6.45, 7) is 4.69. The normalized spacial score (nSPS) is 27.8. The Kier molecular flexibility index (Phi) is 2.76.